The van der Waals surface area contributed by atoms with Crippen molar-refractivity contribution in [1.29, 1.82) is 0 Å². The molecule has 0 aromatic carbocycles. The largest absolute Gasteiger partial charge is 0.379 e. The summed E-state index contributed by atoms with van der Waals surface area (Å²) >= 11 is 0. The Morgan fingerprint density at radius 2 is 2.21 bits per heavy atom. The average Bonchev–Trinajstić information content (AvgIpc) is 3.06. The van der Waals surface area contributed by atoms with E-state index in [1.54, 1.807) is 18.4 Å². The van der Waals surface area contributed by atoms with E-state index < -0.39 is 5.60 Å². The van der Waals surface area contributed by atoms with E-state index in [1.807, 2.05) is 6.92 Å². The van der Waals surface area contributed by atoms with E-state index in [4.69, 9.17) is 5.73 Å². The molecule has 0 aliphatic carbocycles. The lowest BCUT2D eigenvalue weighted by molar-refractivity contribution is 0.143. The van der Waals surface area contributed by atoms with Crippen LogP contribution < -0.4 is 11.3 Å². The molecule has 0 unspecified atom stereocenters. The fourth-order valence-electron chi connectivity index (χ4n) is 2.30. The molecule has 0 saturated carbocycles. The van der Waals surface area contributed by atoms with Crippen molar-refractivity contribution in [2.45, 2.75) is 32.9 Å². The van der Waals surface area contributed by atoms with Gasteiger partial charge in [0, 0.05) is 12.6 Å². The first kappa shape index (κ1) is 15.8. The Balaban J connectivity index is 2.33. The van der Waals surface area contributed by atoms with Gasteiger partial charge in [0.05, 0.1) is 5.52 Å². The molecule has 0 aliphatic heterocycles. The van der Waals surface area contributed by atoms with Crippen LogP contribution in [0.5, 0.6) is 0 Å². The van der Waals surface area contributed by atoms with Crippen molar-refractivity contribution in [2.24, 2.45) is 0 Å². The molecule has 4 N–H and O–H groups in total. The van der Waals surface area contributed by atoms with E-state index in [0.29, 0.717) is 34.8 Å². The third-order valence-corrected chi connectivity index (χ3v) is 3.29. The Morgan fingerprint density at radius 3 is 2.79 bits per heavy atom. The second-order valence-electron chi connectivity index (χ2n) is 5.73. The number of nitrogens with two attached hydrogens (primary N) is 1. The van der Waals surface area contributed by atoms with Crippen LogP contribution in [0, 0.1) is 11.8 Å². The quantitative estimate of drug-likeness (QED) is 0.583. The number of hydrogen-bond donors (Lipinski definition) is 3. The highest BCUT2D eigenvalue weighted by atomic mass is 16.6. The van der Waals surface area contributed by atoms with Gasteiger partial charge in [0.2, 0.25) is 0 Å². The van der Waals surface area contributed by atoms with Gasteiger partial charge in [0.25, 0.3) is 5.56 Å². The standard InChI is InChI=1S/C15H16N6O3/c1-4-21-9-7-10(22)17-8(5-6-15(2,3)23)11(9)18-14(21)12-13(16)20-24-19-12/h7,23H,4H2,1-3H3,(H2,16,20)(H,17,22). The van der Waals surface area contributed by atoms with Crippen LogP contribution in [-0.2, 0) is 6.54 Å². The summed E-state index contributed by atoms with van der Waals surface area (Å²) in [5, 5.41) is 17.1. The highest BCUT2D eigenvalue weighted by Crippen LogP contribution is 2.26. The number of anilines is 1. The maximum absolute atomic E-state index is 12.0. The minimum absolute atomic E-state index is 0.107. The van der Waals surface area contributed by atoms with E-state index in [1.165, 1.54) is 6.07 Å². The molecule has 3 aromatic rings. The van der Waals surface area contributed by atoms with Crippen molar-refractivity contribution in [3.05, 3.63) is 22.1 Å². The normalized spacial score (nSPS) is 11.5. The fourth-order valence-corrected chi connectivity index (χ4v) is 2.30. The van der Waals surface area contributed by atoms with Gasteiger partial charge in [-0.05, 0) is 37.0 Å². The van der Waals surface area contributed by atoms with Crippen LogP contribution in [0.1, 0.15) is 26.5 Å². The van der Waals surface area contributed by atoms with Crippen LogP contribution in [0.4, 0.5) is 5.82 Å². The second-order valence-corrected chi connectivity index (χ2v) is 5.73. The molecule has 24 heavy (non-hydrogen) atoms. The van der Waals surface area contributed by atoms with Gasteiger partial charge in [-0.2, -0.15) is 0 Å². The number of rotatable bonds is 2. The number of aromatic amines is 1. The zero-order valence-corrected chi connectivity index (χ0v) is 13.4. The van der Waals surface area contributed by atoms with Crippen LogP contribution in [0.3, 0.4) is 0 Å². The van der Waals surface area contributed by atoms with Crippen molar-refractivity contribution in [2.75, 3.05) is 5.73 Å². The number of pyridine rings is 1. The summed E-state index contributed by atoms with van der Waals surface area (Å²) in [4.78, 5) is 19.1. The fraction of sp³-hybridized carbons (Fsp3) is 0.333. The number of fused-ring (bicyclic) bond motifs is 1. The summed E-state index contributed by atoms with van der Waals surface area (Å²) in [7, 11) is 0. The van der Waals surface area contributed by atoms with Crippen LogP contribution in [0.2, 0.25) is 0 Å². The topological polar surface area (TPSA) is 136 Å². The SMILES string of the molecule is CCn1c(-c2nonc2N)nc2c(C#CC(C)(C)O)[nH]c(=O)cc21. The Labute approximate surface area is 136 Å². The smallest absolute Gasteiger partial charge is 0.251 e. The maximum atomic E-state index is 12.0. The Bertz CT molecular complexity index is 1030. The van der Waals surface area contributed by atoms with Crippen LogP contribution in [0.25, 0.3) is 22.6 Å². The van der Waals surface area contributed by atoms with Gasteiger partial charge in [-0.3, -0.25) is 4.79 Å². The van der Waals surface area contributed by atoms with E-state index in [-0.39, 0.29) is 11.4 Å². The van der Waals surface area contributed by atoms with Crippen molar-refractivity contribution < 1.29 is 9.74 Å². The number of imidazole rings is 1. The maximum Gasteiger partial charge on any atom is 0.251 e. The number of aromatic nitrogens is 5. The third-order valence-electron chi connectivity index (χ3n) is 3.29. The first-order valence-corrected chi connectivity index (χ1v) is 7.27. The van der Waals surface area contributed by atoms with Gasteiger partial charge in [0.15, 0.2) is 17.3 Å². The molecule has 0 amide bonds. The van der Waals surface area contributed by atoms with Gasteiger partial charge < -0.3 is 20.4 Å². The second kappa shape index (κ2) is 5.50. The number of aliphatic hydroxyl groups is 1. The molecule has 3 rings (SSSR count). The Hall–Kier alpha value is -3.12. The monoisotopic (exact) mass is 328 g/mol. The van der Waals surface area contributed by atoms with E-state index >= 15 is 0 Å². The summed E-state index contributed by atoms with van der Waals surface area (Å²) in [5.74, 6) is 5.97. The molecule has 0 saturated heterocycles. The summed E-state index contributed by atoms with van der Waals surface area (Å²) in [6.45, 7) is 5.53. The molecule has 0 fully saturated rings. The minimum Gasteiger partial charge on any atom is -0.379 e. The van der Waals surface area contributed by atoms with E-state index in [0.717, 1.165) is 0 Å². The average molecular weight is 328 g/mol. The lowest BCUT2D eigenvalue weighted by Crippen LogP contribution is -2.15. The predicted octanol–water partition coefficient (Wildman–Crippen LogP) is 0.499. The van der Waals surface area contributed by atoms with Crippen molar-refractivity contribution in [3.63, 3.8) is 0 Å². The highest BCUT2D eigenvalue weighted by Gasteiger charge is 2.20. The summed E-state index contributed by atoms with van der Waals surface area (Å²) in [5.41, 5.74) is 5.89. The zero-order chi connectivity index (χ0) is 17.5. The van der Waals surface area contributed by atoms with Crippen LogP contribution >= 0.6 is 0 Å². The van der Waals surface area contributed by atoms with Crippen LogP contribution in [0.15, 0.2) is 15.5 Å². The Morgan fingerprint density at radius 1 is 1.46 bits per heavy atom. The highest BCUT2D eigenvalue weighted by molar-refractivity contribution is 5.85. The molecular weight excluding hydrogens is 312 g/mol. The predicted molar refractivity (Wildman–Crippen MR) is 86.9 cm³/mol. The zero-order valence-electron chi connectivity index (χ0n) is 13.4. The first-order valence-electron chi connectivity index (χ1n) is 7.27. The molecule has 0 radical (unpaired) electrons. The molecule has 0 aliphatic rings. The lowest BCUT2D eigenvalue weighted by atomic mass is 10.1. The molecule has 0 bridgehead atoms. The number of aryl methyl sites for hydroxylation is 1. The minimum atomic E-state index is -1.20. The summed E-state index contributed by atoms with van der Waals surface area (Å²) < 4.78 is 6.41. The molecule has 3 aromatic heterocycles. The van der Waals surface area contributed by atoms with Gasteiger partial charge in [-0.1, -0.05) is 5.92 Å². The third kappa shape index (κ3) is 2.75. The molecule has 0 spiro atoms. The molecule has 9 heteroatoms. The van der Waals surface area contributed by atoms with Gasteiger partial charge in [0.1, 0.15) is 16.8 Å². The lowest BCUT2D eigenvalue weighted by Gasteiger charge is -2.06. The van der Waals surface area contributed by atoms with Crippen molar-refractivity contribution in [3.8, 4) is 23.4 Å². The van der Waals surface area contributed by atoms with Crippen molar-refractivity contribution >= 4 is 16.9 Å². The summed E-state index contributed by atoms with van der Waals surface area (Å²) in [6, 6.07) is 1.42. The van der Waals surface area contributed by atoms with Gasteiger partial charge in [-0.25, -0.2) is 9.61 Å². The molecule has 3 heterocycles. The Kier molecular flexibility index (Phi) is 3.62. The summed E-state index contributed by atoms with van der Waals surface area (Å²) in [6.07, 6.45) is 0. The molecule has 124 valence electrons. The van der Waals surface area contributed by atoms with Crippen molar-refractivity contribution in [1.82, 2.24) is 24.8 Å². The molecule has 0 atom stereocenters. The van der Waals surface area contributed by atoms with Crippen LogP contribution in [-0.4, -0.2) is 35.6 Å². The number of hydrogen-bond acceptors (Lipinski definition) is 7. The number of H-pyrrole nitrogens is 1. The molecular formula is C15H16N6O3. The van der Waals surface area contributed by atoms with Gasteiger partial charge >= 0.3 is 0 Å². The first-order chi connectivity index (χ1) is 11.3. The number of nitrogen functional groups attached to an aromatic ring is 1. The number of nitrogens with zero attached hydrogens (tertiary/aromatic N) is 4. The number of nitrogens with one attached hydrogen (secondary N) is 1. The van der Waals surface area contributed by atoms with Gasteiger partial charge in [-0.15, -0.1) is 0 Å². The molecule has 9 nitrogen and oxygen atoms in total. The van der Waals surface area contributed by atoms with E-state index in [2.05, 4.69) is 36.8 Å². The van der Waals surface area contributed by atoms with E-state index in [9.17, 15) is 9.90 Å².